The van der Waals surface area contributed by atoms with Crippen LogP contribution in [-0.2, 0) is 76.8 Å². The van der Waals surface area contributed by atoms with Gasteiger partial charge >= 0.3 is 48.4 Å². The first kappa shape index (κ1) is 86.7. The van der Waals surface area contributed by atoms with E-state index in [1.54, 1.807) is 140 Å². The van der Waals surface area contributed by atoms with Crippen LogP contribution >= 0.6 is 0 Å². The first-order valence-electron chi connectivity index (χ1n) is 37.1. The fraction of sp³-hybridized carbons (Fsp3) is 0.524. The molecule has 6 unspecified atom stereocenters. The van der Waals surface area contributed by atoms with Crippen molar-refractivity contribution in [2.24, 2.45) is 0 Å². The smallest absolute Gasteiger partial charge is 0.408 e. The number of hydrogen-bond donors (Lipinski definition) is 7. The SMILES string of the molecule is CC(=O)OC1C(O[C@H]2OC(CNC(=O)OC(C)(C)C)CCC2NC(=O)OC(C)(C)C)[C@H](NC(=O)OC(C)(C)C)C[C@@H](NC(=O)[C@H](CCNC(=O)OC(C)(C)C)OC(=O)c2ccccc2)[C@@H]1O[C@H]1OC(COC(c2ccccc2)(c2ccccc2)c2ccccc2)[C@@H](O)[C@H](NC(=O)OC(C)(C)C)C1OC(=O)c1ccccc1. The summed E-state index contributed by atoms with van der Waals surface area (Å²) in [6, 6.07) is 37.1. The first-order chi connectivity index (χ1) is 52.1. The van der Waals surface area contributed by atoms with Crippen LogP contribution in [0.25, 0.3) is 0 Å². The van der Waals surface area contributed by atoms with Gasteiger partial charge in [0.25, 0.3) is 5.91 Å². The van der Waals surface area contributed by atoms with Gasteiger partial charge in [0.2, 0.25) is 0 Å². The van der Waals surface area contributed by atoms with Crippen molar-refractivity contribution < 1.29 is 110 Å². The minimum atomic E-state index is -2.10. The standard InChI is InChI=1S/C82H108N6O23/c1-49(89)100-66-63(106-71-65(104-69(93)51-34-24-18-25-35-51)61(88-76(98)111-81(14,15)16)62(90)60(103-71)48-99-82(52-36-26-19-27-37-52,53-38-28-20-29-39-53)54-40-30-21-31-41-54)57(85-67(91)59(44-45-83-72(94)107-77(2,3)4)102-68(92)50-32-22-17-23-33-50)46-58(87-75(97)110-80(11,12)13)64(66)105-70-56(86-74(96)109-79(8,9)10)43-42-55(101-70)47-84-73(95)108-78(5,6)7/h17-41,55-66,70-71,90H,42-48H2,1-16H3,(H,83,94)(H,84,95)(H,85,91)(H,86,96)(H,87,97)(H,88,98)/t55?,56?,57-,58-,59+,60?,61+,62-,63+,64?,65?,66?,70-,71-/m1/s1. The highest BCUT2D eigenvalue weighted by Gasteiger charge is 2.57. The second kappa shape index (κ2) is 37.9. The van der Waals surface area contributed by atoms with E-state index in [9.17, 15) is 43.5 Å². The molecule has 6 amide bonds. The Bertz CT molecular complexity index is 3800. The van der Waals surface area contributed by atoms with E-state index in [1.165, 1.54) is 24.3 Å². The predicted octanol–water partition coefficient (Wildman–Crippen LogP) is 10.7. The highest BCUT2D eigenvalue weighted by Crippen LogP contribution is 2.43. The Hall–Kier alpha value is -9.91. The van der Waals surface area contributed by atoms with Gasteiger partial charge in [-0.1, -0.05) is 127 Å². The van der Waals surface area contributed by atoms with E-state index >= 15 is 4.79 Å². The Kier molecular flexibility index (Phi) is 29.6. The van der Waals surface area contributed by atoms with E-state index in [4.69, 9.17) is 61.6 Å². The summed E-state index contributed by atoms with van der Waals surface area (Å²) in [4.78, 5) is 129. The number of aliphatic hydroxyl groups excluding tert-OH is 1. The molecule has 604 valence electrons. The fourth-order valence-corrected chi connectivity index (χ4v) is 12.7. The molecule has 3 aliphatic rings. The number of carbonyl (C=O) groups excluding carboxylic acids is 9. The lowest BCUT2D eigenvalue weighted by Crippen LogP contribution is -2.71. The molecule has 1 saturated carbocycles. The van der Waals surface area contributed by atoms with Crippen LogP contribution in [0.4, 0.5) is 24.0 Å². The molecule has 0 radical (unpaired) electrons. The first-order valence-corrected chi connectivity index (χ1v) is 37.1. The molecule has 29 heteroatoms. The molecular weight excluding hydrogens is 1440 g/mol. The summed E-state index contributed by atoms with van der Waals surface area (Å²) in [5, 5.41) is 29.9. The third-order valence-electron chi connectivity index (χ3n) is 17.1. The van der Waals surface area contributed by atoms with Crippen molar-refractivity contribution in [3.8, 4) is 0 Å². The topological polar surface area (TPSA) is 366 Å². The van der Waals surface area contributed by atoms with Crippen LogP contribution in [0.15, 0.2) is 152 Å². The second-order valence-corrected chi connectivity index (χ2v) is 32.2. The van der Waals surface area contributed by atoms with Gasteiger partial charge in [0, 0.05) is 26.4 Å². The number of nitrogens with one attached hydrogen (secondary N) is 6. The van der Waals surface area contributed by atoms with Crippen LogP contribution in [0.1, 0.15) is 174 Å². The monoisotopic (exact) mass is 1540 g/mol. The number of aliphatic hydroxyl groups is 1. The summed E-state index contributed by atoms with van der Waals surface area (Å²) in [7, 11) is 0. The maximum atomic E-state index is 15.7. The van der Waals surface area contributed by atoms with E-state index in [0.717, 1.165) is 6.92 Å². The molecule has 2 aliphatic heterocycles. The summed E-state index contributed by atoms with van der Waals surface area (Å²) in [5.41, 5.74) is -4.79. The van der Waals surface area contributed by atoms with Gasteiger partial charge in [0.1, 0.15) is 64.1 Å². The average molecular weight is 1550 g/mol. The molecule has 2 heterocycles. The lowest BCUT2D eigenvalue weighted by molar-refractivity contribution is -0.319. The maximum absolute atomic E-state index is 15.7. The molecule has 0 bridgehead atoms. The Labute approximate surface area is 648 Å². The number of carbonyl (C=O) groups is 9. The third-order valence-corrected chi connectivity index (χ3v) is 17.1. The molecule has 5 aromatic carbocycles. The summed E-state index contributed by atoms with van der Waals surface area (Å²) in [6.45, 7) is 24.6. The second-order valence-electron chi connectivity index (χ2n) is 32.2. The van der Waals surface area contributed by atoms with Crippen molar-refractivity contribution in [2.45, 2.75) is 256 Å². The Morgan fingerprint density at radius 3 is 1.33 bits per heavy atom. The number of benzene rings is 5. The molecule has 8 rings (SSSR count). The summed E-state index contributed by atoms with van der Waals surface area (Å²) >= 11 is 0. The molecule has 1 aliphatic carbocycles. The minimum Gasteiger partial charge on any atom is -0.457 e. The van der Waals surface area contributed by atoms with Crippen molar-refractivity contribution >= 4 is 54.3 Å². The largest absolute Gasteiger partial charge is 0.457 e. The van der Waals surface area contributed by atoms with Crippen LogP contribution in [0.5, 0.6) is 0 Å². The summed E-state index contributed by atoms with van der Waals surface area (Å²) < 4.78 is 83.0. The number of hydrogen-bond acceptors (Lipinski definition) is 23. The van der Waals surface area contributed by atoms with Crippen LogP contribution in [-0.4, -0.2) is 193 Å². The molecule has 3 fully saturated rings. The van der Waals surface area contributed by atoms with Gasteiger partial charge in [0.15, 0.2) is 30.9 Å². The summed E-state index contributed by atoms with van der Waals surface area (Å²) in [6.07, 6.45) is -23.0. The molecule has 29 nitrogen and oxygen atoms in total. The van der Waals surface area contributed by atoms with Gasteiger partial charge in [-0.15, -0.1) is 0 Å². The Morgan fingerprint density at radius 2 is 0.865 bits per heavy atom. The molecule has 0 spiro atoms. The van der Waals surface area contributed by atoms with Gasteiger partial charge in [0.05, 0.1) is 42.0 Å². The van der Waals surface area contributed by atoms with E-state index in [-0.39, 0.29) is 37.1 Å². The van der Waals surface area contributed by atoms with Gasteiger partial charge in [-0.05, 0) is 164 Å². The predicted molar refractivity (Wildman–Crippen MR) is 403 cm³/mol. The average Bonchev–Trinajstić information content (AvgIpc) is 0.753. The third kappa shape index (κ3) is 26.4. The fourth-order valence-electron chi connectivity index (χ4n) is 12.7. The quantitative estimate of drug-likeness (QED) is 0.0162. The minimum absolute atomic E-state index is 0.0189. The van der Waals surface area contributed by atoms with Crippen molar-refractivity contribution in [3.05, 3.63) is 179 Å². The van der Waals surface area contributed by atoms with Crippen LogP contribution in [0, 0.1) is 0 Å². The maximum Gasteiger partial charge on any atom is 0.408 e. The van der Waals surface area contributed by atoms with E-state index < -0.39 is 193 Å². The number of amides is 6. The summed E-state index contributed by atoms with van der Waals surface area (Å²) in [5.74, 6) is -4.08. The van der Waals surface area contributed by atoms with E-state index in [0.29, 0.717) is 16.7 Å². The highest BCUT2D eigenvalue weighted by molar-refractivity contribution is 5.92. The van der Waals surface area contributed by atoms with Crippen molar-refractivity contribution in [2.75, 3.05) is 19.7 Å². The zero-order valence-electron chi connectivity index (χ0n) is 65.9. The lowest BCUT2D eigenvalue weighted by atomic mass is 9.80. The number of ether oxygens (including phenoxy) is 13. The highest BCUT2D eigenvalue weighted by atomic mass is 16.7. The van der Waals surface area contributed by atoms with Crippen molar-refractivity contribution in [1.82, 2.24) is 31.9 Å². The molecule has 7 N–H and O–H groups in total. The lowest BCUT2D eigenvalue weighted by Gasteiger charge is -2.51. The number of rotatable bonds is 25. The zero-order chi connectivity index (χ0) is 81.2. The van der Waals surface area contributed by atoms with Gasteiger partial charge < -0.3 is 98.6 Å². The molecule has 0 aromatic heterocycles. The normalized spacial score (nSPS) is 23.3. The van der Waals surface area contributed by atoms with Crippen molar-refractivity contribution in [3.63, 3.8) is 0 Å². The van der Waals surface area contributed by atoms with Gasteiger partial charge in [-0.3, -0.25) is 9.59 Å². The zero-order valence-corrected chi connectivity index (χ0v) is 65.9. The molecular formula is C82H108N6O23. The van der Waals surface area contributed by atoms with Gasteiger partial charge in [-0.25, -0.2) is 33.6 Å². The van der Waals surface area contributed by atoms with E-state index in [2.05, 4.69) is 31.9 Å². The molecule has 14 atom stereocenters. The van der Waals surface area contributed by atoms with Crippen LogP contribution in [0.3, 0.4) is 0 Å². The molecule has 5 aromatic rings. The number of alkyl carbamates (subject to hydrolysis) is 5. The molecule has 111 heavy (non-hydrogen) atoms. The van der Waals surface area contributed by atoms with E-state index in [1.807, 2.05) is 91.0 Å². The van der Waals surface area contributed by atoms with Crippen LogP contribution in [0.2, 0.25) is 0 Å². The number of esters is 3. The van der Waals surface area contributed by atoms with Crippen LogP contribution < -0.4 is 31.9 Å². The Morgan fingerprint density at radius 1 is 0.450 bits per heavy atom. The molecule has 2 saturated heterocycles. The Balaban J connectivity index is 1.35. The van der Waals surface area contributed by atoms with Gasteiger partial charge in [-0.2, -0.15) is 0 Å². The van der Waals surface area contributed by atoms with Crippen molar-refractivity contribution in [1.29, 1.82) is 0 Å².